The van der Waals surface area contributed by atoms with Crippen LogP contribution in [0.5, 0.6) is 0 Å². The van der Waals surface area contributed by atoms with E-state index in [1.807, 2.05) is 13.8 Å². The van der Waals surface area contributed by atoms with E-state index in [1.165, 1.54) is 0 Å². The second-order valence-electron chi connectivity index (χ2n) is 6.02. The average Bonchev–Trinajstić information content (AvgIpc) is 2.26. The summed E-state index contributed by atoms with van der Waals surface area (Å²) in [5.41, 5.74) is 5.08. The van der Waals surface area contributed by atoms with Crippen molar-refractivity contribution < 1.29 is 9.90 Å². The zero-order valence-corrected chi connectivity index (χ0v) is 11.8. The van der Waals surface area contributed by atoms with E-state index in [-0.39, 0.29) is 24.0 Å². The van der Waals surface area contributed by atoms with Gasteiger partial charge in [0.15, 0.2) is 0 Å². The molecule has 0 radical (unpaired) electrons. The molecule has 0 aliphatic heterocycles. The Morgan fingerprint density at radius 2 is 1.88 bits per heavy atom. The van der Waals surface area contributed by atoms with Crippen molar-refractivity contribution in [2.75, 3.05) is 13.2 Å². The molecule has 17 heavy (non-hydrogen) atoms. The molecule has 2 atom stereocenters. The Morgan fingerprint density at radius 1 is 1.35 bits per heavy atom. The van der Waals surface area contributed by atoms with E-state index in [0.29, 0.717) is 19.4 Å². The molecule has 0 rings (SSSR count). The van der Waals surface area contributed by atoms with Gasteiger partial charge in [-0.3, -0.25) is 4.79 Å². The highest BCUT2D eigenvalue weighted by molar-refractivity contribution is 5.82. The van der Waals surface area contributed by atoms with Crippen LogP contribution in [0.2, 0.25) is 0 Å². The summed E-state index contributed by atoms with van der Waals surface area (Å²) >= 11 is 0. The number of rotatable bonds is 6. The number of aliphatic hydroxyl groups is 1. The second-order valence-corrected chi connectivity index (χ2v) is 6.02. The van der Waals surface area contributed by atoms with Crippen LogP contribution in [0.15, 0.2) is 0 Å². The number of nitrogens with two attached hydrogens (primary N) is 1. The number of hydrogen-bond acceptors (Lipinski definition) is 3. The molecule has 0 saturated carbocycles. The molecule has 102 valence electrons. The van der Waals surface area contributed by atoms with Gasteiger partial charge in [-0.2, -0.15) is 0 Å². The van der Waals surface area contributed by atoms with Crippen LogP contribution in [0.3, 0.4) is 0 Å². The molecule has 0 aromatic carbocycles. The molecule has 4 N–H and O–H groups in total. The van der Waals surface area contributed by atoms with Crippen LogP contribution in [-0.4, -0.2) is 30.2 Å². The Hall–Kier alpha value is -0.610. The van der Waals surface area contributed by atoms with Gasteiger partial charge >= 0.3 is 0 Å². The molecular weight excluding hydrogens is 216 g/mol. The fourth-order valence-electron chi connectivity index (χ4n) is 1.58. The van der Waals surface area contributed by atoms with E-state index < -0.39 is 5.41 Å². The summed E-state index contributed by atoms with van der Waals surface area (Å²) in [6.45, 7) is 10.4. The van der Waals surface area contributed by atoms with Gasteiger partial charge in [-0.05, 0) is 25.2 Å². The Balaban J connectivity index is 4.72. The van der Waals surface area contributed by atoms with Crippen molar-refractivity contribution in [2.45, 2.75) is 53.5 Å². The molecule has 0 fully saturated rings. The molecule has 0 bridgehead atoms. The number of aliphatic hydroxyl groups excluding tert-OH is 1. The smallest absolute Gasteiger partial charge is 0.227 e. The molecular formula is C13H28N2O2. The van der Waals surface area contributed by atoms with E-state index in [2.05, 4.69) is 26.1 Å². The van der Waals surface area contributed by atoms with Crippen LogP contribution >= 0.6 is 0 Å². The Labute approximate surface area is 105 Å². The van der Waals surface area contributed by atoms with Gasteiger partial charge in [0.25, 0.3) is 0 Å². The van der Waals surface area contributed by atoms with Gasteiger partial charge in [-0.25, -0.2) is 0 Å². The third-order valence-electron chi connectivity index (χ3n) is 3.55. The highest BCUT2D eigenvalue weighted by Crippen LogP contribution is 2.25. The topological polar surface area (TPSA) is 75.4 Å². The van der Waals surface area contributed by atoms with Gasteiger partial charge in [-0.15, -0.1) is 0 Å². The van der Waals surface area contributed by atoms with Crippen molar-refractivity contribution in [1.29, 1.82) is 0 Å². The number of nitrogens with one attached hydrogen (secondary N) is 1. The second kappa shape index (κ2) is 6.36. The lowest BCUT2D eigenvalue weighted by Crippen LogP contribution is -2.51. The molecule has 4 heteroatoms. The van der Waals surface area contributed by atoms with Gasteiger partial charge in [0.2, 0.25) is 5.91 Å². The standard InChI is InChI=1S/C13H28N2O2/c1-6-13(5,9-14)11(17)15-10(7-8-16)12(2,3)4/h10,16H,6-9,14H2,1-5H3,(H,15,17). The first kappa shape index (κ1) is 16.4. The number of amides is 1. The molecule has 0 aliphatic rings. The lowest BCUT2D eigenvalue weighted by Gasteiger charge is -2.35. The predicted octanol–water partition coefficient (Wildman–Crippen LogP) is 1.27. The summed E-state index contributed by atoms with van der Waals surface area (Å²) in [5.74, 6) is -0.0177. The zero-order valence-electron chi connectivity index (χ0n) is 11.8. The van der Waals surface area contributed by atoms with E-state index in [4.69, 9.17) is 10.8 Å². The van der Waals surface area contributed by atoms with Crippen molar-refractivity contribution in [2.24, 2.45) is 16.6 Å². The lowest BCUT2D eigenvalue weighted by molar-refractivity contribution is -0.131. The van der Waals surface area contributed by atoms with Crippen LogP contribution in [0.4, 0.5) is 0 Å². The van der Waals surface area contributed by atoms with Crippen molar-refractivity contribution in [3.8, 4) is 0 Å². The molecule has 0 heterocycles. The largest absolute Gasteiger partial charge is 0.396 e. The van der Waals surface area contributed by atoms with Crippen molar-refractivity contribution in [1.82, 2.24) is 5.32 Å². The van der Waals surface area contributed by atoms with Gasteiger partial charge in [0, 0.05) is 19.2 Å². The normalized spacial score (nSPS) is 17.4. The third kappa shape index (κ3) is 4.64. The van der Waals surface area contributed by atoms with Crippen molar-refractivity contribution in [3.63, 3.8) is 0 Å². The minimum atomic E-state index is -0.515. The fraction of sp³-hybridized carbons (Fsp3) is 0.923. The summed E-state index contributed by atoms with van der Waals surface area (Å²) in [4.78, 5) is 12.2. The molecule has 0 saturated heterocycles. The molecule has 0 spiro atoms. The quantitative estimate of drug-likeness (QED) is 0.658. The monoisotopic (exact) mass is 244 g/mol. The summed E-state index contributed by atoms with van der Waals surface area (Å²) in [6.07, 6.45) is 1.28. The van der Waals surface area contributed by atoms with Crippen LogP contribution in [0.25, 0.3) is 0 Å². The zero-order chi connectivity index (χ0) is 13.7. The first-order valence-electron chi connectivity index (χ1n) is 6.33. The lowest BCUT2D eigenvalue weighted by atomic mass is 9.82. The van der Waals surface area contributed by atoms with Gasteiger partial charge in [0.1, 0.15) is 0 Å². The molecule has 4 nitrogen and oxygen atoms in total. The maximum atomic E-state index is 12.2. The summed E-state index contributed by atoms with van der Waals surface area (Å²) in [5, 5.41) is 12.1. The number of carbonyl (C=O) groups is 1. The molecule has 2 unspecified atom stereocenters. The molecule has 0 aromatic rings. The maximum Gasteiger partial charge on any atom is 0.227 e. The van der Waals surface area contributed by atoms with E-state index in [9.17, 15) is 4.79 Å². The van der Waals surface area contributed by atoms with Crippen molar-refractivity contribution in [3.05, 3.63) is 0 Å². The van der Waals surface area contributed by atoms with Gasteiger partial charge in [0.05, 0.1) is 5.41 Å². The van der Waals surface area contributed by atoms with E-state index >= 15 is 0 Å². The summed E-state index contributed by atoms with van der Waals surface area (Å²) < 4.78 is 0. The molecule has 0 aliphatic carbocycles. The first-order valence-corrected chi connectivity index (χ1v) is 6.33. The molecule has 1 amide bonds. The van der Waals surface area contributed by atoms with E-state index in [1.54, 1.807) is 0 Å². The third-order valence-corrected chi connectivity index (χ3v) is 3.55. The Morgan fingerprint density at radius 3 is 2.18 bits per heavy atom. The fourth-order valence-corrected chi connectivity index (χ4v) is 1.58. The molecule has 0 aromatic heterocycles. The Bertz CT molecular complexity index is 242. The highest BCUT2D eigenvalue weighted by atomic mass is 16.3. The first-order chi connectivity index (χ1) is 7.71. The predicted molar refractivity (Wildman–Crippen MR) is 70.5 cm³/mol. The minimum Gasteiger partial charge on any atom is -0.396 e. The van der Waals surface area contributed by atoms with Crippen LogP contribution in [-0.2, 0) is 4.79 Å². The highest BCUT2D eigenvalue weighted by Gasteiger charge is 2.34. The minimum absolute atomic E-state index is 0.0177. The van der Waals surface area contributed by atoms with Gasteiger partial charge < -0.3 is 16.2 Å². The number of hydrogen-bond donors (Lipinski definition) is 3. The summed E-state index contributed by atoms with van der Waals surface area (Å²) in [7, 11) is 0. The van der Waals surface area contributed by atoms with Crippen LogP contribution in [0.1, 0.15) is 47.5 Å². The maximum absolute atomic E-state index is 12.2. The van der Waals surface area contributed by atoms with Crippen LogP contribution < -0.4 is 11.1 Å². The van der Waals surface area contributed by atoms with Crippen molar-refractivity contribution >= 4 is 5.91 Å². The SMILES string of the molecule is CCC(C)(CN)C(=O)NC(CCO)C(C)(C)C. The number of carbonyl (C=O) groups excluding carboxylic acids is 1. The van der Waals surface area contributed by atoms with Gasteiger partial charge in [-0.1, -0.05) is 27.7 Å². The summed E-state index contributed by atoms with van der Waals surface area (Å²) in [6, 6.07) is -0.0302. The Kier molecular flexibility index (Phi) is 6.13. The van der Waals surface area contributed by atoms with Crippen LogP contribution in [0, 0.1) is 10.8 Å². The average molecular weight is 244 g/mol. The van der Waals surface area contributed by atoms with E-state index in [0.717, 1.165) is 0 Å².